The second kappa shape index (κ2) is 4.73. The summed E-state index contributed by atoms with van der Waals surface area (Å²) in [5, 5.41) is 0. The fourth-order valence-corrected chi connectivity index (χ4v) is 1.72. The molecule has 0 aliphatic heterocycles. The maximum atomic E-state index is 12.2. The first kappa shape index (κ1) is 12.5. The van der Waals surface area contributed by atoms with Gasteiger partial charge in [-0.2, -0.15) is 0 Å². The summed E-state index contributed by atoms with van der Waals surface area (Å²) in [6.45, 7) is 5.73. The van der Waals surface area contributed by atoms with E-state index >= 15 is 0 Å². The zero-order valence-electron chi connectivity index (χ0n) is 11.0. The molecule has 2 rings (SSSR count). The molecule has 0 fully saturated rings. The summed E-state index contributed by atoms with van der Waals surface area (Å²) >= 11 is 0. The molecule has 2 aromatic rings. The lowest BCUT2D eigenvalue weighted by Gasteiger charge is -2.16. The van der Waals surface area contributed by atoms with Crippen LogP contribution >= 0.6 is 0 Å². The van der Waals surface area contributed by atoms with Crippen LogP contribution in [-0.4, -0.2) is 10.8 Å². The topological polar surface area (TPSA) is 30.0 Å². The number of Topliss-reactive ketones (excluding diaryl/α,β-unsaturated/α-hetero) is 1. The predicted molar refractivity (Wildman–Crippen MR) is 73.5 cm³/mol. The highest BCUT2D eigenvalue weighted by Gasteiger charge is 2.24. The fraction of sp³-hybridized carbons (Fsp3) is 0.250. The highest BCUT2D eigenvalue weighted by Crippen LogP contribution is 2.22. The van der Waals surface area contributed by atoms with Crippen LogP contribution < -0.4 is 0 Å². The van der Waals surface area contributed by atoms with Crippen LogP contribution in [0.1, 0.15) is 31.3 Å². The molecule has 0 bridgehead atoms. The predicted octanol–water partition coefficient (Wildman–Crippen LogP) is 3.98. The van der Waals surface area contributed by atoms with Crippen molar-refractivity contribution in [2.75, 3.05) is 0 Å². The van der Waals surface area contributed by atoms with Gasteiger partial charge in [-0.05, 0) is 12.1 Å². The van der Waals surface area contributed by atoms with Crippen molar-refractivity contribution in [2.24, 2.45) is 5.41 Å². The number of hydrogen-bond donors (Lipinski definition) is 0. The first-order chi connectivity index (χ1) is 8.48. The second-order valence-corrected chi connectivity index (χ2v) is 5.35. The van der Waals surface area contributed by atoms with Crippen molar-refractivity contribution in [3.8, 4) is 11.3 Å². The molecule has 0 spiro atoms. The molecule has 0 N–H and O–H groups in total. The van der Waals surface area contributed by atoms with E-state index in [1.807, 2.05) is 63.2 Å². The Hall–Kier alpha value is -1.96. The van der Waals surface area contributed by atoms with Crippen LogP contribution in [0.3, 0.4) is 0 Å². The third kappa shape index (κ3) is 2.65. The van der Waals surface area contributed by atoms with Gasteiger partial charge >= 0.3 is 0 Å². The van der Waals surface area contributed by atoms with Gasteiger partial charge in [0.15, 0.2) is 5.78 Å². The minimum absolute atomic E-state index is 0.0697. The van der Waals surface area contributed by atoms with Crippen molar-refractivity contribution in [1.82, 2.24) is 4.98 Å². The van der Waals surface area contributed by atoms with Crippen LogP contribution in [-0.2, 0) is 0 Å². The summed E-state index contributed by atoms with van der Waals surface area (Å²) in [6, 6.07) is 15.5. The molecule has 1 aromatic carbocycles. The van der Waals surface area contributed by atoms with Gasteiger partial charge in [0.2, 0.25) is 0 Å². The molecular formula is C16H17NO. The molecule has 2 nitrogen and oxygen atoms in total. The highest BCUT2D eigenvalue weighted by atomic mass is 16.1. The van der Waals surface area contributed by atoms with Crippen LogP contribution in [0.4, 0.5) is 0 Å². The van der Waals surface area contributed by atoms with Gasteiger partial charge < -0.3 is 0 Å². The zero-order valence-corrected chi connectivity index (χ0v) is 11.0. The number of carbonyl (C=O) groups is 1. The Balaban J connectivity index is 2.41. The smallest absolute Gasteiger partial charge is 0.186 e. The van der Waals surface area contributed by atoms with Crippen LogP contribution in [0.2, 0.25) is 0 Å². The third-order valence-electron chi connectivity index (χ3n) is 2.73. The summed E-state index contributed by atoms with van der Waals surface area (Å²) in [7, 11) is 0. The van der Waals surface area contributed by atoms with Crippen molar-refractivity contribution in [1.29, 1.82) is 0 Å². The van der Waals surface area contributed by atoms with Crippen molar-refractivity contribution >= 4 is 5.78 Å². The van der Waals surface area contributed by atoms with E-state index in [1.54, 1.807) is 6.07 Å². The number of rotatable bonds is 2. The van der Waals surface area contributed by atoms with Gasteiger partial charge in [0.1, 0.15) is 5.69 Å². The summed E-state index contributed by atoms with van der Waals surface area (Å²) in [4.78, 5) is 16.6. The van der Waals surface area contributed by atoms with Crippen LogP contribution in [0, 0.1) is 5.41 Å². The van der Waals surface area contributed by atoms with Gasteiger partial charge in [0, 0.05) is 11.0 Å². The Labute approximate surface area is 108 Å². The maximum Gasteiger partial charge on any atom is 0.186 e. The molecule has 0 aliphatic carbocycles. The van der Waals surface area contributed by atoms with Crippen molar-refractivity contribution in [3.63, 3.8) is 0 Å². The molecule has 0 radical (unpaired) electrons. The number of benzene rings is 1. The Bertz CT molecular complexity index is 553. The number of ketones is 1. The van der Waals surface area contributed by atoms with E-state index in [2.05, 4.69) is 4.98 Å². The van der Waals surface area contributed by atoms with Crippen molar-refractivity contribution < 1.29 is 4.79 Å². The SMILES string of the molecule is CC(C)(C)C(=O)c1cccc(-c2ccccc2)n1. The maximum absolute atomic E-state index is 12.2. The molecule has 1 heterocycles. The number of nitrogens with zero attached hydrogens (tertiary/aromatic N) is 1. The average molecular weight is 239 g/mol. The summed E-state index contributed by atoms with van der Waals surface area (Å²) in [6.07, 6.45) is 0. The van der Waals surface area contributed by atoms with E-state index in [4.69, 9.17) is 0 Å². The molecule has 0 aliphatic rings. The molecule has 0 unspecified atom stereocenters. The number of hydrogen-bond acceptors (Lipinski definition) is 2. The van der Waals surface area contributed by atoms with Crippen LogP contribution in [0.5, 0.6) is 0 Å². The Morgan fingerprint density at radius 1 is 0.944 bits per heavy atom. The lowest BCUT2D eigenvalue weighted by Crippen LogP contribution is -2.21. The minimum Gasteiger partial charge on any atom is -0.292 e. The molecule has 2 heteroatoms. The summed E-state index contributed by atoms with van der Waals surface area (Å²) < 4.78 is 0. The molecular weight excluding hydrogens is 222 g/mol. The van der Waals surface area contributed by atoms with Crippen LogP contribution in [0.25, 0.3) is 11.3 Å². The number of pyridine rings is 1. The first-order valence-electron chi connectivity index (χ1n) is 6.06. The normalized spacial score (nSPS) is 11.3. The van der Waals surface area contributed by atoms with Crippen molar-refractivity contribution in [3.05, 3.63) is 54.2 Å². The first-order valence-corrected chi connectivity index (χ1v) is 6.06. The summed E-state index contributed by atoms with van der Waals surface area (Å²) in [5.41, 5.74) is 2.00. The lowest BCUT2D eigenvalue weighted by molar-refractivity contribution is 0.0853. The Morgan fingerprint density at radius 2 is 1.61 bits per heavy atom. The highest BCUT2D eigenvalue weighted by molar-refractivity contribution is 5.98. The van der Waals surface area contributed by atoms with E-state index in [-0.39, 0.29) is 5.78 Å². The molecule has 1 aromatic heterocycles. The quantitative estimate of drug-likeness (QED) is 0.742. The van der Waals surface area contributed by atoms with E-state index in [1.165, 1.54) is 0 Å². The number of carbonyl (C=O) groups excluding carboxylic acids is 1. The Kier molecular flexibility index (Phi) is 3.28. The lowest BCUT2D eigenvalue weighted by atomic mass is 9.88. The molecule has 0 amide bonds. The van der Waals surface area contributed by atoms with Gasteiger partial charge in [-0.15, -0.1) is 0 Å². The van der Waals surface area contributed by atoms with Gasteiger partial charge in [0.05, 0.1) is 5.69 Å². The van der Waals surface area contributed by atoms with E-state index in [9.17, 15) is 4.79 Å². The summed E-state index contributed by atoms with van der Waals surface area (Å²) in [5.74, 6) is 0.0697. The van der Waals surface area contributed by atoms with Gasteiger partial charge in [-0.25, -0.2) is 4.98 Å². The molecule has 0 atom stereocenters. The van der Waals surface area contributed by atoms with Gasteiger partial charge in [-0.1, -0.05) is 57.2 Å². The average Bonchev–Trinajstić information content (AvgIpc) is 2.38. The minimum atomic E-state index is -0.400. The molecule has 92 valence electrons. The van der Waals surface area contributed by atoms with Gasteiger partial charge in [-0.3, -0.25) is 4.79 Å². The Morgan fingerprint density at radius 3 is 2.22 bits per heavy atom. The number of aromatic nitrogens is 1. The fourth-order valence-electron chi connectivity index (χ4n) is 1.72. The van der Waals surface area contributed by atoms with E-state index in [0.717, 1.165) is 11.3 Å². The second-order valence-electron chi connectivity index (χ2n) is 5.35. The van der Waals surface area contributed by atoms with Gasteiger partial charge in [0.25, 0.3) is 0 Å². The molecule has 0 saturated carbocycles. The monoisotopic (exact) mass is 239 g/mol. The van der Waals surface area contributed by atoms with E-state index in [0.29, 0.717) is 5.69 Å². The largest absolute Gasteiger partial charge is 0.292 e. The van der Waals surface area contributed by atoms with E-state index < -0.39 is 5.41 Å². The third-order valence-corrected chi connectivity index (χ3v) is 2.73. The standard InChI is InChI=1S/C16H17NO/c1-16(2,3)15(18)14-11-7-10-13(17-14)12-8-5-4-6-9-12/h4-11H,1-3H3. The van der Waals surface area contributed by atoms with Crippen molar-refractivity contribution in [2.45, 2.75) is 20.8 Å². The van der Waals surface area contributed by atoms with Crippen LogP contribution in [0.15, 0.2) is 48.5 Å². The zero-order chi connectivity index (χ0) is 13.2. The molecule has 18 heavy (non-hydrogen) atoms. The molecule has 0 saturated heterocycles.